The fourth-order valence-electron chi connectivity index (χ4n) is 2.35. The van der Waals surface area contributed by atoms with Crippen LogP contribution in [0.15, 0.2) is 41.1 Å². The van der Waals surface area contributed by atoms with Gasteiger partial charge in [-0.3, -0.25) is 9.78 Å². The molecule has 2 aromatic rings. The summed E-state index contributed by atoms with van der Waals surface area (Å²) in [5.74, 6) is 1.50. The standard InChI is InChI=1S/C17H18BrN3O3/c18-14-6-13(7-15-17(14)24-11-23-15)9-20-5-3-16(22)21-10-12-2-1-4-19-8-12/h1-2,4,6-8,20H,3,5,9-11H2,(H,21,22). The smallest absolute Gasteiger partial charge is 0.231 e. The number of rotatable bonds is 7. The van der Waals surface area contributed by atoms with Crippen LogP contribution in [0, 0.1) is 0 Å². The Bertz CT molecular complexity index is 710. The van der Waals surface area contributed by atoms with Crippen LogP contribution in [0.3, 0.4) is 0 Å². The van der Waals surface area contributed by atoms with Crippen LogP contribution in [0.5, 0.6) is 11.5 Å². The Kier molecular flexibility index (Phi) is 5.66. The van der Waals surface area contributed by atoms with Gasteiger partial charge in [-0.2, -0.15) is 0 Å². The Morgan fingerprint density at radius 2 is 2.17 bits per heavy atom. The number of fused-ring (bicyclic) bond motifs is 1. The van der Waals surface area contributed by atoms with Crippen molar-refractivity contribution in [3.63, 3.8) is 0 Å². The first-order valence-electron chi connectivity index (χ1n) is 7.67. The fraction of sp³-hybridized carbons (Fsp3) is 0.294. The van der Waals surface area contributed by atoms with Crippen LogP contribution in [0.25, 0.3) is 0 Å². The largest absolute Gasteiger partial charge is 0.454 e. The Labute approximate surface area is 148 Å². The molecule has 2 heterocycles. The van der Waals surface area contributed by atoms with Crippen LogP contribution in [0.2, 0.25) is 0 Å². The number of carbonyl (C=O) groups excluding carboxylic acids is 1. The number of ether oxygens (including phenoxy) is 2. The lowest BCUT2D eigenvalue weighted by Gasteiger charge is -2.08. The molecule has 2 N–H and O–H groups in total. The highest BCUT2D eigenvalue weighted by Crippen LogP contribution is 2.39. The van der Waals surface area contributed by atoms with Crippen LogP contribution in [-0.4, -0.2) is 24.2 Å². The van der Waals surface area contributed by atoms with Gasteiger partial charge in [-0.15, -0.1) is 0 Å². The molecule has 0 saturated heterocycles. The van der Waals surface area contributed by atoms with Gasteiger partial charge in [0.05, 0.1) is 4.47 Å². The number of halogens is 1. The van der Waals surface area contributed by atoms with Crippen LogP contribution in [0.4, 0.5) is 0 Å². The summed E-state index contributed by atoms with van der Waals surface area (Å²) in [4.78, 5) is 15.8. The summed E-state index contributed by atoms with van der Waals surface area (Å²) in [6.07, 6.45) is 3.88. The van der Waals surface area contributed by atoms with Gasteiger partial charge in [0.25, 0.3) is 0 Å². The highest BCUT2D eigenvalue weighted by molar-refractivity contribution is 9.10. The molecule has 126 valence electrons. The molecule has 1 aromatic carbocycles. The van der Waals surface area contributed by atoms with Crippen LogP contribution >= 0.6 is 15.9 Å². The van der Waals surface area contributed by atoms with Crippen molar-refractivity contribution in [2.24, 2.45) is 0 Å². The zero-order valence-corrected chi connectivity index (χ0v) is 14.6. The van der Waals surface area contributed by atoms with E-state index >= 15 is 0 Å². The average Bonchev–Trinajstić information content (AvgIpc) is 3.07. The Morgan fingerprint density at radius 1 is 1.25 bits per heavy atom. The van der Waals surface area contributed by atoms with E-state index in [2.05, 4.69) is 31.5 Å². The second-order valence-electron chi connectivity index (χ2n) is 5.38. The SMILES string of the molecule is O=C(CCNCc1cc(Br)c2c(c1)OCO2)NCc1cccnc1. The van der Waals surface area contributed by atoms with E-state index in [0.29, 0.717) is 26.1 Å². The minimum atomic E-state index is 0.0122. The summed E-state index contributed by atoms with van der Waals surface area (Å²) in [5.41, 5.74) is 2.06. The van der Waals surface area contributed by atoms with Gasteiger partial charge in [-0.25, -0.2) is 0 Å². The molecular formula is C17H18BrN3O3. The molecule has 1 amide bonds. The Balaban J connectivity index is 1.38. The van der Waals surface area contributed by atoms with E-state index < -0.39 is 0 Å². The fourth-order valence-corrected chi connectivity index (χ4v) is 2.95. The quantitative estimate of drug-likeness (QED) is 0.708. The van der Waals surface area contributed by atoms with Crippen molar-refractivity contribution in [2.75, 3.05) is 13.3 Å². The lowest BCUT2D eigenvalue weighted by atomic mass is 10.2. The third kappa shape index (κ3) is 4.46. The van der Waals surface area contributed by atoms with Crippen molar-refractivity contribution < 1.29 is 14.3 Å². The summed E-state index contributed by atoms with van der Waals surface area (Å²) in [7, 11) is 0. The minimum absolute atomic E-state index is 0.0122. The monoisotopic (exact) mass is 391 g/mol. The molecule has 3 rings (SSSR count). The maximum Gasteiger partial charge on any atom is 0.231 e. The van der Waals surface area contributed by atoms with E-state index in [0.717, 1.165) is 27.1 Å². The zero-order chi connectivity index (χ0) is 16.8. The number of benzene rings is 1. The van der Waals surface area contributed by atoms with E-state index in [-0.39, 0.29) is 12.7 Å². The van der Waals surface area contributed by atoms with Gasteiger partial charge >= 0.3 is 0 Å². The summed E-state index contributed by atoms with van der Waals surface area (Å²) in [6, 6.07) is 7.72. The zero-order valence-electron chi connectivity index (χ0n) is 13.0. The first kappa shape index (κ1) is 16.7. The van der Waals surface area contributed by atoms with E-state index in [9.17, 15) is 4.79 Å². The van der Waals surface area contributed by atoms with E-state index in [1.54, 1.807) is 12.4 Å². The number of nitrogens with one attached hydrogen (secondary N) is 2. The molecule has 0 aliphatic carbocycles. The summed E-state index contributed by atoms with van der Waals surface area (Å²) in [5, 5.41) is 6.14. The predicted octanol–water partition coefficient (Wildman–Crippen LogP) is 2.37. The molecule has 0 bridgehead atoms. The Hall–Kier alpha value is -2.12. The van der Waals surface area contributed by atoms with Crippen LogP contribution in [-0.2, 0) is 17.9 Å². The van der Waals surface area contributed by atoms with Gasteiger partial charge in [-0.05, 0) is 45.3 Å². The first-order valence-corrected chi connectivity index (χ1v) is 8.46. The van der Waals surface area contributed by atoms with Gasteiger partial charge in [-0.1, -0.05) is 6.07 Å². The molecule has 0 radical (unpaired) electrons. The molecule has 0 fully saturated rings. The molecule has 7 heteroatoms. The summed E-state index contributed by atoms with van der Waals surface area (Å²) >= 11 is 3.47. The second-order valence-corrected chi connectivity index (χ2v) is 6.23. The lowest BCUT2D eigenvalue weighted by molar-refractivity contribution is -0.121. The molecular weight excluding hydrogens is 374 g/mol. The molecule has 24 heavy (non-hydrogen) atoms. The summed E-state index contributed by atoms with van der Waals surface area (Å²) in [6.45, 7) is 2.01. The first-order chi connectivity index (χ1) is 11.7. The van der Waals surface area contributed by atoms with Crippen molar-refractivity contribution in [1.82, 2.24) is 15.6 Å². The second kappa shape index (κ2) is 8.12. The van der Waals surface area contributed by atoms with Crippen molar-refractivity contribution >= 4 is 21.8 Å². The molecule has 1 aliphatic rings. The van der Waals surface area contributed by atoms with Crippen LogP contribution < -0.4 is 20.1 Å². The number of pyridine rings is 1. The molecule has 6 nitrogen and oxygen atoms in total. The minimum Gasteiger partial charge on any atom is -0.454 e. The van der Waals surface area contributed by atoms with Gasteiger partial charge in [0.2, 0.25) is 12.7 Å². The summed E-state index contributed by atoms with van der Waals surface area (Å²) < 4.78 is 11.6. The molecule has 0 atom stereocenters. The number of amides is 1. The third-order valence-electron chi connectivity index (χ3n) is 3.56. The number of aromatic nitrogens is 1. The van der Waals surface area contributed by atoms with E-state index in [1.165, 1.54) is 0 Å². The average molecular weight is 392 g/mol. The third-order valence-corrected chi connectivity index (χ3v) is 4.15. The maximum atomic E-state index is 11.8. The van der Waals surface area contributed by atoms with Gasteiger partial charge in [0.1, 0.15) is 0 Å². The highest BCUT2D eigenvalue weighted by Gasteiger charge is 2.17. The van der Waals surface area contributed by atoms with Crippen molar-refractivity contribution in [3.05, 3.63) is 52.3 Å². The lowest BCUT2D eigenvalue weighted by Crippen LogP contribution is -2.27. The van der Waals surface area contributed by atoms with E-state index in [4.69, 9.17) is 9.47 Å². The van der Waals surface area contributed by atoms with Crippen molar-refractivity contribution in [3.8, 4) is 11.5 Å². The predicted molar refractivity (Wildman–Crippen MR) is 92.7 cm³/mol. The number of nitrogens with zero attached hydrogens (tertiary/aromatic N) is 1. The molecule has 0 spiro atoms. The van der Waals surface area contributed by atoms with E-state index in [1.807, 2.05) is 24.3 Å². The molecule has 1 aromatic heterocycles. The molecule has 1 aliphatic heterocycles. The van der Waals surface area contributed by atoms with Crippen molar-refractivity contribution in [2.45, 2.75) is 19.5 Å². The van der Waals surface area contributed by atoms with Gasteiger partial charge in [0.15, 0.2) is 11.5 Å². The maximum absolute atomic E-state index is 11.8. The number of hydrogen-bond donors (Lipinski definition) is 2. The normalized spacial score (nSPS) is 12.2. The van der Waals surface area contributed by atoms with Gasteiger partial charge in [0, 0.05) is 38.4 Å². The molecule has 0 saturated carbocycles. The Morgan fingerprint density at radius 3 is 3.00 bits per heavy atom. The highest BCUT2D eigenvalue weighted by atomic mass is 79.9. The van der Waals surface area contributed by atoms with Gasteiger partial charge < -0.3 is 20.1 Å². The number of hydrogen-bond acceptors (Lipinski definition) is 5. The number of carbonyl (C=O) groups is 1. The van der Waals surface area contributed by atoms with Crippen LogP contribution in [0.1, 0.15) is 17.5 Å². The van der Waals surface area contributed by atoms with Crippen molar-refractivity contribution in [1.29, 1.82) is 0 Å². The molecule has 0 unspecified atom stereocenters. The topological polar surface area (TPSA) is 72.5 Å².